The lowest BCUT2D eigenvalue weighted by Crippen LogP contribution is -2.47. The van der Waals surface area contributed by atoms with Gasteiger partial charge in [-0.05, 0) is 67.4 Å². The van der Waals surface area contributed by atoms with Crippen molar-refractivity contribution in [3.05, 3.63) is 83.2 Å². The third-order valence-corrected chi connectivity index (χ3v) is 7.49. The van der Waals surface area contributed by atoms with Crippen molar-refractivity contribution in [3.8, 4) is 0 Å². The van der Waals surface area contributed by atoms with Crippen molar-refractivity contribution in [1.82, 2.24) is 0 Å². The molecule has 0 saturated carbocycles. The highest BCUT2D eigenvalue weighted by Crippen LogP contribution is 2.32. The van der Waals surface area contributed by atoms with Gasteiger partial charge in [-0.15, -0.1) is 0 Å². The molecule has 0 aromatic heterocycles. The van der Waals surface area contributed by atoms with E-state index in [9.17, 15) is 22.7 Å². The number of carbonyl (C=O) groups is 1. The summed E-state index contributed by atoms with van der Waals surface area (Å²) >= 11 is 0. The van der Waals surface area contributed by atoms with Crippen molar-refractivity contribution in [1.29, 1.82) is 0 Å². The molecule has 1 saturated heterocycles. The molecule has 1 heterocycles. The number of hydrogen-bond donors (Lipinski definition) is 2. The molecular formula is C25H26FN3O4S. The van der Waals surface area contributed by atoms with E-state index in [1.807, 2.05) is 11.0 Å². The maximum absolute atomic E-state index is 13.6. The summed E-state index contributed by atoms with van der Waals surface area (Å²) in [5, 5.41) is 9.42. The van der Waals surface area contributed by atoms with Crippen LogP contribution in [0.15, 0.2) is 65.6 Å². The fourth-order valence-corrected chi connectivity index (χ4v) is 5.23. The minimum Gasteiger partial charge on any atom is -0.478 e. The topological polar surface area (TPSA) is 89.9 Å². The Bertz CT molecular complexity index is 1340. The zero-order valence-electron chi connectivity index (χ0n) is 19.0. The highest BCUT2D eigenvalue weighted by Gasteiger charge is 2.24. The second-order valence-corrected chi connectivity index (χ2v) is 9.98. The zero-order valence-corrected chi connectivity index (χ0v) is 19.8. The average molecular weight is 484 g/mol. The number of benzene rings is 3. The molecule has 1 fully saturated rings. The standard InChI is InChI=1S/C25H26FN3O4S/c1-17-5-3-8-23(18(17)2)28-11-13-29(14-12-28)24-10-9-19(25(30)31)15-22(24)27-34(32,33)21-7-4-6-20(26)16-21/h3-10,15-16,27H,11-14H2,1-2H3,(H,30,31). The lowest BCUT2D eigenvalue weighted by atomic mass is 10.1. The van der Waals surface area contributed by atoms with Gasteiger partial charge in [-0.3, -0.25) is 4.72 Å². The molecule has 0 bridgehead atoms. The number of nitrogens with one attached hydrogen (secondary N) is 1. The summed E-state index contributed by atoms with van der Waals surface area (Å²) in [5.41, 5.74) is 4.29. The van der Waals surface area contributed by atoms with Gasteiger partial charge in [-0.1, -0.05) is 18.2 Å². The summed E-state index contributed by atoms with van der Waals surface area (Å²) in [6.45, 7) is 6.86. The van der Waals surface area contributed by atoms with E-state index in [0.29, 0.717) is 18.8 Å². The van der Waals surface area contributed by atoms with Crippen LogP contribution in [0.5, 0.6) is 0 Å². The molecule has 0 atom stereocenters. The number of aryl methyl sites for hydroxylation is 1. The summed E-state index contributed by atoms with van der Waals surface area (Å²) < 4.78 is 41.9. The quantitative estimate of drug-likeness (QED) is 0.544. The van der Waals surface area contributed by atoms with Crippen molar-refractivity contribution in [2.75, 3.05) is 40.7 Å². The third-order valence-electron chi connectivity index (χ3n) is 6.13. The average Bonchev–Trinajstić information content (AvgIpc) is 2.81. The second kappa shape index (κ2) is 9.34. The number of hydrogen-bond acceptors (Lipinski definition) is 5. The van der Waals surface area contributed by atoms with E-state index < -0.39 is 21.8 Å². The predicted octanol–water partition coefficient (Wildman–Crippen LogP) is 4.27. The fourth-order valence-electron chi connectivity index (χ4n) is 4.13. The van der Waals surface area contributed by atoms with E-state index in [0.717, 1.165) is 25.2 Å². The first-order valence-electron chi connectivity index (χ1n) is 10.9. The van der Waals surface area contributed by atoms with Crippen LogP contribution in [0.25, 0.3) is 0 Å². The number of sulfonamides is 1. The van der Waals surface area contributed by atoms with E-state index >= 15 is 0 Å². The summed E-state index contributed by atoms with van der Waals surface area (Å²) in [4.78, 5) is 15.6. The molecule has 0 aliphatic carbocycles. The van der Waals surface area contributed by atoms with Crippen LogP contribution in [0, 0.1) is 19.7 Å². The number of carboxylic acids is 1. The van der Waals surface area contributed by atoms with Gasteiger partial charge in [-0.2, -0.15) is 0 Å². The first kappa shape index (κ1) is 23.6. The molecule has 7 nitrogen and oxygen atoms in total. The number of halogens is 1. The molecule has 0 radical (unpaired) electrons. The monoisotopic (exact) mass is 483 g/mol. The third kappa shape index (κ3) is 4.84. The van der Waals surface area contributed by atoms with Gasteiger partial charge in [0.2, 0.25) is 0 Å². The first-order chi connectivity index (χ1) is 16.2. The summed E-state index contributed by atoms with van der Waals surface area (Å²) in [5.74, 6) is -1.84. The Kier molecular flexibility index (Phi) is 6.47. The molecule has 9 heteroatoms. The number of anilines is 3. The molecular weight excluding hydrogens is 457 g/mol. The van der Waals surface area contributed by atoms with Gasteiger partial charge >= 0.3 is 5.97 Å². The van der Waals surface area contributed by atoms with Crippen LogP contribution in [0.1, 0.15) is 21.5 Å². The van der Waals surface area contributed by atoms with Crippen LogP contribution in [-0.4, -0.2) is 45.7 Å². The Morgan fingerprint density at radius 1 is 0.912 bits per heavy atom. The maximum atomic E-state index is 13.6. The Morgan fingerprint density at radius 3 is 2.21 bits per heavy atom. The van der Waals surface area contributed by atoms with Crippen LogP contribution < -0.4 is 14.5 Å². The van der Waals surface area contributed by atoms with Gasteiger partial charge < -0.3 is 14.9 Å². The van der Waals surface area contributed by atoms with E-state index in [1.165, 1.54) is 41.1 Å². The van der Waals surface area contributed by atoms with Gasteiger partial charge in [0.05, 0.1) is 21.8 Å². The molecule has 178 valence electrons. The van der Waals surface area contributed by atoms with Crippen molar-refractivity contribution in [3.63, 3.8) is 0 Å². The maximum Gasteiger partial charge on any atom is 0.335 e. The van der Waals surface area contributed by atoms with Gasteiger partial charge in [0.25, 0.3) is 10.0 Å². The van der Waals surface area contributed by atoms with E-state index in [4.69, 9.17) is 0 Å². The zero-order chi connectivity index (χ0) is 24.5. The minimum absolute atomic E-state index is 0.0466. The first-order valence-corrected chi connectivity index (χ1v) is 12.4. The largest absolute Gasteiger partial charge is 0.478 e. The molecule has 1 aliphatic heterocycles. The van der Waals surface area contributed by atoms with Gasteiger partial charge in [-0.25, -0.2) is 17.6 Å². The molecule has 1 aliphatic rings. The summed E-state index contributed by atoms with van der Waals surface area (Å²) in [6, 6.07) is 15.3. The van der Waals surface area contributed by atoms with Crippen LogP contribution in [0.2, 0.25) is 0 Å². The van der Waals surface area contributed by atoms with Crippen LogP contribution >= 0.6 is 0 Å². The molecule has 0 amide bonds. The summed E-state index contributed by atoms with van der Waals surface area (Å²) in [6.07, 6.45) is 0. The molecule has 3 aromatic carbocycles. The summed E-state index contributed by atoms with van der Waals surface area (Å²) in [7, 11) is -4.12. The van der Waals surface area contributed by atoms with Crippen molar-refractivity contribution < 1.29 is 22.7 Å². The molecule has 3 aromatic rings. The lowest BCUT2D eigenvalue weighted by Gasteiger charge is -2.39. The number of aromatic carboxylic acids is 1. The second-order valence-electron chi connectivity index (χ2n) is 8.29. The van der Waals surface area contributed by atoms with Crippen LogP contribution in [0.3, 0.4) is 0 Å². The fraction of sp³-hybridized carbons (Fsp3) is 0.240. The van der Waals surface area contributed by atoms with Crippen molar-refractivity contribution >= 4 is 33.1 Å². The molecule has 0 spiro atoms. The van der Waals surface area contributed by atoms with Crippen LogP contribution in [0.4, 0.5) is 21.5 Å². The Morgan fingerprint density at radius 2 is 1.56 bits per heavy atom. The highest BCUT2D eigenvalue weighted by atomic mass is 32.2. The van der Waals surface area contributed by atoms with Crippen molar-refractivity contribution in [2.45, 2.75) is 18.7 Å². The van der Waals surface area contributed by atoms with Gasteiger partial charge in [0.15, 0.2) is 0 Å². The number of piperazine rings is 1. The molecule has 4 rings (SSSR count). The Labute approximate surface area is 198 Å². The van der Waals surface area contributed by atoms with Gasteiger partial charge in [0, 0.05) is 31.9 Å². The SMILES string of the molecule is Cc1cccc(N2CCN(c3ccc(C(=O)O)cc3NS(=O)(=O)c3cccc(F)c3)CC2)c1C. The van der Waals surface area contributed by atoms with E-state index in [1.54, 1.807) is 6.07 Å². The lowest BCUT2D eigenvalue weighted by molar-refractivity contribution is 0.0697. The predicted molar refractivity (Wildman–Crippen MR) is 131 cm³/mol. The molecule has 34 heavy (non-hydrogen) atoms. The smallest absolute Gasteiger partial charge is 0.335 e. The number of rotatable bonds is 6. The normalized spacial score (nSPS) is 14.2. The Balaban J connectivity index is 1.61. The highest BCUT2D eigenvalue weighted by molar-refractivity contribution is 7.92. The van der Waals surface area contributed by atoms with Gasteiger partial charge in [0.1, 0.15) is 5.82 Å². The minimum atomic E-state index is -4.12. The molecule has 2 N–H and O–H groups in total. The Hall–Kier alpha value is -3.59. The number of nitrogens with zero attached hydrogens (tertiary/aromatic N) is 2. The van der Waals surface area contributed by atoms with E-state index in [2.05, 4.69) is 35.6 Å². The number of carboxylic acid groups (broad SMARTS) is 1. The van der Waals surface area contributed by atoms with E-state index in [-0.39, 0.29) is 16.1 Å². The van der Waals surface area contributed by atoms with Crippen LogP contribution in [-0.2, 0) is 10.0 Å². The van der Waals surface area contributed by atoms with Crippen molar-refractivity contribution in [2.24, 2.45) is 0 Å². The molecule has 0 unspecified atom stereocenters.